The van der Waals surface area contributed by atoms with Crippen LogP contribution in [0.3, 0.4) is 0 Å². The Hall–Kier alpha value is 0.500. The Morgan fingerprint density at radius 3 is 2.44 bits per heavy atom. The molecule has 0 aromatic rings. The van der Waals surface area contributed by atoms with Crippen molar-refractivity contribution in [2.24, 2.45) is 5.92 Å². The van der Waals surface area contributed by atoms with Crippen molar-refractivity contribution in [1.82, 2.24) is 0 Å². The van der Waals surface area contributed by atoms with Crippen LogP contribution < -0.4 is 0 Å². The highest BCUT2D eigenvalue weighted by Crippen LogP contribution is 2.01. The van der Waals surface area contributed by atoms with E-state index in [2.05, 4.69) is 13.8 Å². The van der Waals surface area contributed by atoms with E-state index >= 15 is 0 Å². The minimum absolute atomic E-state index is 0.568. The molecule has 0 bridgehead atoms. The Morgan fingerprint density at radius 1 is 1.56 bits per heavy atom. The van der Waals surface area contributed by atoms with Gasteiger partial charge in [-0.3, -0.25) is 4.21 Å². The molecule has 0 aliphatic heterocycles. The van der Waals surface area contributed by atoms with Crippen LogP contribution in [0.15, 0.2) is 0 Å². The molecule has 0 N–H and O–H groups in total. The number of rotatable bonds is 4. The molecule has 0 spiro atoms. The lowest BCUT2D eigenvalue weighted by atomic mass is 10.3. The molecule has 0 radical (unpaired) electrons. The first-order valence-corrected chi connectivity index (χ1v) is 5.89. The van der Waals surface area contributed by atoms with Crippen LogP contribution in [0, 0.1) is 5.92 Å². The first-order valence-electron chi connectivity index (χ1n) is 3.00. The third kappa shape index (κ3) is 6.38. The zero-order chi connectivity index (χ0) is 7.28. The summed E-state index contributed by atoms with van der Waals surface area (Å²) in [5.41, 5.74) is 0. The van der Waals surface area contributed by atoms with Gasteiger partial charge in [0.25, 0.3) is 0 Å². The van der Waals surface area contributed by atoms with E-state index in [1.807, 2.05) is 6.26 Å². The lowest BCUT2D eigenvalue weighted by Crippen LogP contribution is -2.05. The van der Waals surface area contributed by atoms with Crippen molar-refractivity contribution in [2.75, 3.05) is 17.1 Å². The minimum Gasteiger partial charge on any atom is -0.259 e. The summed E-state index contributed by atoms with van der Waals surface area (Å²) in [4.78, 5) is 0. The molecule has 0 fully saturated rings. The maximum absolute atomic E-state index is 10.9. The normalized spacial score (nSPS) is 14.2. The fourth-order valence-electron chi connectivity index (χ4n) is 0.551. The maximum atomic E-state index is 10.9. The summed E-state index contributed by atoms with van der Waals surface area (Å²) in [6.45, 7) is 4.19. The van der Waals surface area contributed by atoms with Crippen LogP contribution in [0.25, 0.3) is 0 Å². The van der Waals surface area contributed by atoms with Gasteiger partial charge in [-0.15, -0.1) is 0 Å². The highest BCUT2D eigenvalue weighted by Gasteiger charge is 2.00. The quantitative estimate of drug-likeness (QED) is 0.632. The second-order valence-electron chi connectivity index (χ2n) is 2.41. The van der Waals surface area contributed by atoms with Crippen molar-refractivity contribution in [1.29, 1.82) is 0 Å². The Labute approximate surface area is 64.1 Å². The van der Waals surface area contributed by atoms with Crippen molar-refractivity contribution < 1.29 is 4.21 Å². The molecule has 1 unspecified atom stereocenters. The predicted molar refractivity (Wildman–Crippen MR) is 46.2 cm³/mol. The lowest BCUT2D eigenvalue weighted by Gasteiger charge is -2.01. The molecular weight excluding hydrogens is 152 g/mol. The molecule has 0 saturated carbocycles. The van der Waals surface area contributed by atoms with Crippen LogP contribution in [0.5, 0.6) is 0 Å². The molecule has 0 heterocycles. The van der Waals surface area contributed by atoms with Gasteiger partial charge in [0.15, 0.2) is 0 Å². The molecule has 56 valence electrons. The fraction of sp³-hybridized carbons (Fsp3) is 1.00. The largest absolute Gasteiger partial charge is 0.259 e. The molecule has 0 aliphatic rings. The number of thioether (sulfide) groups is 1. The van der Waals surface area contributed by atoms with Gasteiger partial charge in [0.05, 0.1) is 5.08 Å². The van der Waals surface area contributed by atoms with Gasteiger partial charge in [-0.1, -0.05) is 13.8 Å². The van der Waals surface area contributed by atoms with E-state index in [-0.39, 0.29) is 0 Å². The van der Waals surface area contributed by atoms with Crippen molar-refractivity contribution >= 4 is 22.6 Å². The van der Waals surface area contributed by atoms with Gasteiger partial charge < -0.3 is 0 Å². The van der Waals surface area contributed by atoms with Gasteiger partial charge in [-0.05, 0) is 12.2 Å². The summed E-state index contributed by atoms with van der Waals surface area (Å²) < 4.78 is 10.9. The Bertz CT molecular complexity index is 91.1. The number of hydrogen-bond acceptors (Lipinski definition) is 2. The van der Waals surface area contributed by atoms with E-state index in [0.717, 1.165) is 10.8 Å². The molecule has 0 rings (SSSR count). The molecule has 9 heavy (non-hydrogen) atoms. The van der Waals surface area contributed by atoms with Crippen molar-refractivity contribution in [3.63, 3.8) is 0 Å². The van der Waals surface area contributed by atoms with Crippen LogP contribution >= 0.6 is 11.8 Å². The fourth-order valence-corrected chi connectivity index (χ4v) is 2.73. The Balaban J connectivity index is 3.27. The van der Waals surface area contributed by atoms with E-state index in [1.165, 1.54) is 0 Å². The Morgan fingerprint density at radius 2 is 2.11 bits per heavy atom. The molecule has 3 heteroatoms. The summed E-state index contributed by atoms with van der Waals surface area (Å²) >= 11 is 1.65. The van der Waals surface area contributed by atoms with E-state index in [4.69, 9.17) is 0 Å². The zero-order valence-electron chi connectivity index (χ0n) is 6.22. The van der Waals surface area contributed by atoms with E-state index in [0.29, 0.717) is 5.92 Å². The van der Waals surface area contributed by atoms with E-state index in [1.54, 1.807) is 11.8 Å². The molecular formula is C6H14OS2. The van der Waals surface area contributed by atoms with Crippen LogP contribution in [-0.4, -0.2) is 21.3 Å². The second-order valence-corrected chi connectivity index (χ2v) is 5.14. The van der Waals surface area contributed by atoms with Gasteiger partial charge in [0, 0.05) is 16.6 Å². The smallest absolute Gasteiger partial charge is 0.0689 e. The SMILES string of the molecule is CSCS(=O)CC(C)C. The van der Waals surface area contributed by atoms with Crippen LogP contribution in [0.4, 0.5) is 0 Å². The van der Waals surface area contributed by atoms with Crippen molar-refractivity contribution in [3.8, 4) is 0 Å². The van der Waals surface area contributed by atoms with Gasteiger partial charge in [0.1, 0.15) is 0 Å². The lowest BCUT2D eigenvalue weighted by molar-refractivity contribution is 0.668. The minimum atomic E-state index is -0.587. The molecule has 0 saturated heterocycles. The zero-order valence-corrected chi connectivity index (χ0v) is 7.85. The van der Waals surface area contributed by atoms with E-state index in [9.17, 15) is 4.21 Å². The molecule has 1 atom stereocenters. The van der Waals surface area contributed by atoms with E-state index < -0.39 is 10.8 Å². The van der Waals surface area contributed by atoms with Crippen LogP contribution in [0.1, 0.15) is 13.8 Å². The first-order chi connectivity index (χ1) is 4.16. The first kappa shape index (κ1) is 9.50. The average Bonchev–Trinajstić information content (AvgIpc) is 1.63. The third-order valence-electron chi connectivity index (χ3n) is 0.769. The van der Waals surface area contributed by atoms with Gasteiger partial charge >= 0.3 is 0 Å². The van der Waals surface area contributed by atoms with Crippen LogP contribution in [-0.2, 0) is 10.8 Å². The summed E-state index contributed by atoms with van der Waals surface area (Å²) in [6.07, 6.45) is 1.98. The van der Waals surface area contributed by atoms with Gasteiger partial charge in [-0.25, -0.2) is 0 Å². The highest BCUT2D eigenvalue weighted by molar-refractivity contribution is 8.09. The molecule has 0 aromatic heterocycles. The molecule has 0 aliphatic carbocycles. The highest BCUT2D eigenvalue weighted by atomic mass is 32.2. The summed E-state index contributed by atoms with van der Waals surface area (Å²) in [7, 11) is -0.587. The van der Waals surface area contributed by atoms with Crippen molar-refractivity contribution in [3.05, 3.63) is 0 Å². The standard InChI is InChI=1S/C6H14OS2/c1-6(2)4-9(7)5-8-3/h6H,4-5H2,1-3H3. The molecule has 0 aromatic carbocycles. The summed E-state index contributed by atoms with van der Waals surface area (Å²) in [5.74, 6) is 1.42. The Kier molecular flexibility index (Phi) is 5.59. The number of hydrogen-bond donors (Lipinski definition) is 0. The molecule has 0 amide bonds. The third-order valence-corrected chi connectivity index (χ3v) is 3.80. The van der Waals surface area contributed by atoms with Gasteiger partial charge in [0.2, 0.25) is 0 Å². The van der Waals surface area contributed by atoms with Gasteiger partial charge in [-0.2, -0.15) is 11.8 Å². The average molecular weight is 166 g/mol. The second kappa shape index (κ2) is 5.30. The predicted octanol–water partition coefficient (Wildman–Crippen LogP) is 1.71. The monoisotopic (exact) mass is 166 g/mol. The molecule has 1 nitrogen and oxygen atoms in total. The maximum Gasteiger partial charge on any atom is 0.0689 e. The van der Waals surface area contributed by atoms with Crippen LogP contribution in [0.2, 0.25) is 0 Å². The summed E-state index contributed by atoms with van der Waals surface area (Å²) in [6, 6.07) is 0. The van der Waals surface area contributed by atoms with Crippen molar-refractivity contribution in [2.45, 2.75) is 13.8 Å². The topological polar surface area (TPSA) is 17.1 Å². The summed E-state index contributed by atoms with van der Waals surface area (Å²) in [5, 5.41) is 0.790.